The summed E-state index contributed by atoms with van der Waals surface area (Å²) in [7, 11) is 2.27. The number of oxazole rings is 1. The largest absolute Gasteiger partial charge is 0.441 e. The van der Waals surface area contributed by atoms with E-state index in [0.29, 0.717) is 12.1 Å². The zero-order valence-corrected chi connectivity index (χ0v) is 12.1. The first-order valence-electron chi connectivity index (χ1n) is 7.51. The molecule has 0 radical (unpaired) electrons. The Hall–Kier alpha value is -1.61. The molecular weight excluding hydrogens is 248 g/mol. The van der Waals surface area contributed by atoms with Crippen LogP contribution in [0.4, 0.5) is 0 Å². The molecule has 0 aliphatic carbocycles. The number of benzene rings is 1. The topological polar surface area (TPSA) is 29.3 Å². The first-order valence-corrected chi connectivity index (χ1v) is 7.51. The van der Waals surface area contributed by atoms with Crippen LogP contribution in [0.2, 0.25) is 0 Å². The van der Waals surface area contributed by atoms with Crippen molar-refractivity contribution in [3.05, 3.63) is 35.7 Å². The lowest BCUT2D eigenvalue weighted by atomic mass is 9.83. The number of piperidine rings is 1. The normalized spacial score (nSPS) is 26.8. The highest BCUT2D eigenvalue weighted by atomic mass is 16.3. The molecule has 3 heterocycles. The number of likely N-dealkylation sites (N-methyl/N-ethyl adjacent to an activating group) is 1. The van der Waals surface area contributed by atoms with Crippen LogP contribution in [0.15, 0.2) is 28.7 Å². The summed E-state index contributed by atoms with van der Waals surface area (Å²) >= 11 is 0. The highest BCUT2D eigenvalue weighted by Crippen LogP contribution is 2.36. The number of aryl methyl sites for hydroxylation is 1. The monoisotopic (exact) mass is 268 g/mol. The molecule has 0 amide bonds. The van der Waals surface area contributed by atoms with Crippen molar-refractivity contribution in [3.8, 4) is 0 Å². The van der Waals surface area contributed by atoms with Gasteiger partial charge < -0.3 is 4.42 Å². The molecule has 1 fully saturated rings. The summed E-state index contributed by atoms with van der Waals surface area (Å²) < 4.78 is 5.56. The Balaban J connectivity index is 1.75. The third kappa shape index (κ3) is 1.88. The fourth-order valence-corrected chi connectivity index (χ4v) is 3.70. The van der Waals surface area contributed by atoms with Gasteiger partial charge in [0, 0.05) is 19.0 Å². The number of aromatic nitrogens is 1. The Kier molecular flexibility index (Phi) is 2.71. The van der Waals surface area contributed by atoms with Gasteiger partial charge in [0.2, 0.25) is 0 Å². The predicted octanol–water partition coefficient (Wildman–Crippen LogP) is 3.78. The summed E-state index contributed by atoms with van der Waals surface area (Å²) in [6.07, 6.45) is 7.61. The second-order valence-electron chi connectivity index (χ2n) is 6.13. The van der Waals surface area contributed by atoms with Crippen molar-refractivity contribution in [1.29, 1.82) is 0 Å². The Bertz CT molecular complexity index is 685. The molecule has 2 aliphatic heterocycles. The van der Waals surface area contributed by atoms with Crippen molar-refractivity contribution in [2.75, 3.05) is 7.05 Å². The molecule has 0 saturated carbocycles. The first-order chi connectivity index (χ1) is 9.70. The van der Waals surface area contributed by atoms with Gasteiger partial charge in [0.25, 0.3) is 0 Å². The molecule has 2 aliphatic rings. The van der Waals surface area contributed by atoms with Gasteiger partial charge in [-0.2, -0.15) is 0 Å². The summed E-state index contributed by atoms with van der Waals surface area (Å²) in [5.41, 5.74) is 4.67. The van der Waals surface area contributed by atoms with Crippen molar-refractivity contribution in [2.45, 2.75) is 44.7 Å². The minimum Gasteiger partial charge on any atom is -0.441 e. The third-order valence-electron chi connectivity index (χ3n) is 4.85. The molecule has 2 aromatic rings. The zero-order valence-electron chi connectivity index (χ0n) is 12.1. The van der Waals surface area contributed by atoms with Gasteiger partial charge >= 0.3 is 0 Å². The number of hydrogen-bond donors (Lipinski definition) is 0. The van der Waals surface area contributed by atoms with Crippen LogP contribution in [0.25, 0.3) is 16.7 Å². The van der Waals surface area contributed by atoms with Crippen LogP contribution in [-0.4, -0.2) is 29.0 Å². The van der Waals surface area contributed by atoms with Crippen LogP contribution >= 0.6 is 0 Å². The molecule has 1 aromatic carbocycles. The molecule has 2 bridgehead atoms. The smallest absolute Gasteiger partial charge is 0.192 e. The van der Waals surface area contributed by atoms with E-state index in [9.17, 15) is 0 Å². The summed E-state index contributed by atoms with van der Waals surface area (Å²) in [5, 5.41) is 0. The maximum absolute atomic E-state index is 5.56. The van der Waals surface area contributed by atoms with Crippen molar-refractivity contribution in [1.82, 2.24) is 9.88 Å². The number of hydrogen-bond acceptors (Lipinski definition) is 3. The summed E-state index contributed by atoms with van der Waals surface area (Å²) in [6, 6.07) is 7.74. The minimum absolute atomic E-state index is 0.618. The van der Waals surface area contributed by atoms with Crippen molar-refractivity contribution in [2.24, 2.45) is 0 Å². The van der Waals surface area contributed by atoms with E-state index < -0.39 is 0 Å². The molecule has 3 heteroatoms. The molecule has 104 valence electrons. The molecule has 2 unspecified atom stereocenters. The highest BCUT2D eigenvalue weighted by molar-refractivity contribution is 5.80. The van der Waals surface area contributed by atoms with E-state index >= 15 is 0 Å². The van der Waals surface area contributed by atoms with Gasteiger partial charge in [-0.15, -0.1) is 0 Å². The van der Waals surface area contributed by atoms with Gasteiger partial charge in [-0.3, -0.25) is 4.90 Å². The van der Waals surface area contributed by atoms with Crippen LogP contribution in [0.3, 0.4) is 0 Å². The van der Waals surface area contributed by atoms with Crippen LogP contribution in [0, 0.1) is 6.92 Å². The highest BCUT2D eigenvalue weighted by Gasteiger charge is 2.31. The lowest BCUT2D eigenvalue weighted by Gasteiger charge is -2.42. The van der Waals surface area contributed by atoms with Crippen LogP contribution in [-0.2, 0) is 0 Å². The maximum Gasteiger partial charge on any atom is 0.192 e. The van der Waals surface area contributed by atoms with E-state index in [4.69, 9.17) is 4.42 Å². The average molecular weight is 268 g/mol. The van der Waals surface area contributed by atoms with Gasteiger partial charge in [-0.25, -0.2) is 4.98 Å². The molecule has 3 nitrogen and oxygen atoms in total. The Morgan fingerprint density at radius 1 is 1.30 bits per heavy atom. The predicted molar refractivity (Wildman–Crippen MR) is 80.5 cm³/mol. The van der Waals surface area contributed by atoms with Crippen molar-refractivity contribution >= 4 is 16.7 Å². The summed E-state index contributed by atoms with van der Waals surface area (Å²) in [6.45, 7) is 1.90. The molecule has 0 N–H and O–H groups in total. The first kappa shape index (κ1) is 12.2. The van der Waals surface area contributed by atoms with Gasteiger partial charge in [-0.1, -0.05) is 18.6 Å². The fourth-order valence-electron chi connectivity index (χ4n) is 3.70. The van der Waals surface area contributed by atoms with Gasteiger partial charge in [0.1, 0.15) is 5.52 Å². The van der Waals surface area contributed by atoms with Crippen LogP contribution in [0.5, 0.6) is 0 Å². The van der Waals surface area contributed by atoms with E-state index in [0.717, 1.165) is 23.4 Å². The van der Waals surface area contributed by atoms with Gasteiger partial charge in [-0.05, 0) is 49.6 Å². The molecule has 1 aromatic heterocycles. The van der Waals surface area contributed by atoms with E-state index in [1.165, 1.54) is 30.4 Å². The van der Waals surface area contributed by atoms with E-state index in [1.54, 1.807) is 0 Å². The van der Waals surface area contributed by atoms with Gasteiger partial charge in [0.15, 0.2) is 11.5 Å². The Morgan fingerprint density at radius 2 is 2.20 bits per heavy atom. The van der Waals surface area contributed by atoms with Crippen molar-refractivity contribution in [3.63, 3.8) is 0 Å². The van der Waals surface area contributed by atoms with E-state index in [2.05, 4.69) is 41.2 Å². The zero-order chi connectivity index (χ0) is 13.7. The van der Waals surface area contributed by atoms with E-state index in [-0.39, 0.29) is 0 Å². The molecule has 2 atom stereocenters. The Morgan fingerprint density at radius 3 is 3.05 bits per heavy atom. The third-order valence-corrected chi connectivity index (χ3v) is 4.85. The fraction of sp³-hybridized carbons (Fsp3) is 0.471. The Labute approximate surface area is 119 Å². The van der Waals surface area contributed by atoms with Crippen LogP contribution < -0.4 is 0 Å². The summed E-state index contributed by atoms with van der Waals surface area (Å²) in [4.78, 5) is 7.00. The standard InChI is InChI=1S/C17H20N2O/c1-11-18-16-10-12(6-7-17(16)20-11)13-8-14-4-3-5-15(9-13)19(14)2/h6-8,10,14-15H,3-5,9H2,1-2H3. The quantitative estimate of drug-likeness (QED) is 0.788. The lowest BCUT2D eigenvalue weighted by Crippen LogP contribution is -2.45. The molecule has 4 rings (SSSR count). The SMILES string of the molecule is Cc1nc2cc(C3=CC4CCCC(C3)N4C)ccc2o1. The number of nitrogens with zero attached hydrogens (tertiary/aromatic N) is 2. The van der Waals surface area contributed by atoms with Crippen LogP contribution in [0.1, 0.15) is 37.1 Å². The lowest BCUT2D eigenvalue weighted by molar-refractivity contribution is 0.137. The van der Waals surface area contributed by atoms with E-state index in [1.807, 2.05) is 6.92 Å². The number of rotatable bonds is 1. The maximum atomic E-state index is 5.56. The summed E-state index contributed by atoms with van der Waals surface area (Å²) in [5.74, 6) is 0.742. The average Bonchev–Trinajstić information content (AvgIpc) is 2.77. The molecule has 20 heavy (non-hydrogen) atoms. The molecule has 1 saturated heterocycles. The molecular formula is C17H20N2O. The number of fused-ring (bicyclic) bond motifs is 3. The molecule has 0 spiro atoms. The minimum atomic E-state index is 0.618. The second-order valence-corrected chi connectivity index (χ2v) is 6.13. The second kappa shape index (κ2) is 4.45. The van der Waals surface area contributed by atoms with Gasteiger partial charge in [0.05, 0.1) is 0 Å². The van der Waals surface area contributed by atoms with Crippen molar-refractivity contribution < 1.29 is 4.42 Å².